The molecule has 0 saturated carbocycles. The van der Waals surface area contributed by atoms with Crippen molar-refractivity contribution in [2.24, 2.45) is 0 Å². The van der Waals surface area contributed by atoms with Crippen molar-refractivity contribution < 1.29 is 14.3 Å². The Hall–Kier alpha value is -2.20. The zero-order chi connectivity index (χ0) is 18.4. The average Bonchev–Trinajstić information content (AvgIpc) is 2.57. The number of nitrogens with one attached hydrogen (secondary N) is 1. The fraction of sp³-hybridized carbons (Fsp3) is 0.350. The van der Waals surface area contributed by atoms with Gasteiger partial charge in [0.2, 0.25) is 0 Å². The monoisotopic (exact) mass is 361 g/mol. The number of ether oxygens (including phenoxy) is 2. The molecule has 2 aromatic carbocycles. The van der Waals surface area contributed by atoms with Gasteiger partial charge in [0.05, 0.1) is 6.54 Å². The Morgan fingerprint density at radius 2 is 1.68 bits per heavy atom. The van der Waals surface area contributed by atoms with Gasteiger partial charge in [-0.3, -0.25) is 4.79 Å². The zero-order valence-corrected chi connectivity index (χ0v) is 15.8. The molecule has 2 aromatic rings. The molecule has 0 aliphatic carbocycles. The molecular formula is C20H24ClNO3. The fourth-order valence-corrected chi connectivity index (χ4v) is 2.46. The molecule has 0 aromatic heterocycles. The van der Waals surface area contributed by atoms with Crippen LogP contribution in [0.15, 0.2) is 36.4 Å². The lowest BCUT2D eigenvalue weighted by molar-refractivity contribution is -0.127. The number of halogens is 1. The first-order chi connectivity index (χ1) is 11.9. The quantitative estimate of drug-likeness (QED) is 0.751. The third-order valence-electron chi connectivity index (χ3n) is 3.78. The first kappa shape index (κ1) is 19.1. The van der Waals surface area contributed by atoms with E-state index in [1.807, 2.05) is 57.2 Å². The Kier molecular flexibility index (Phi) is 6.71. The van der Waals surface area contributed by atoms with Crippen molar-refractivity contribution in [3.8, 4) is 11.5 Å². The maximum absolute atomic E-state index is 12.1. The van der Waals surface area contributed by atoms with Crippen molar-refractivity contribution in [2.75, 3.05) is 13.2 Å². The second-order valence-electron chi connectivity index (χ2n) is 6.08. The van der Waals surface area contributed by atoms with Crippen LogP contribution in [0, 0.1) is 20.8 Å². The van der Waals surface area contributed by atoms with Crippen LogP contribution in [0.3, 0.4) is 0 Å². The summed E-state index contributed by atoms with van der Waals surface area (Å²) < 4.78 is 11.3. The molecular weight excluding hydrogens is 338 g/mol. The standard InChI is InChI=1S/C20H24ClNO3/c1-13-5-7-17(8-6-13)24-10-9-22-20(23)16(4)25-18-11-14(2)19(21)15(3)12-18/h5-8,11-12,16H,9-10H2,1-4H3,(H,22,23)/t16-/m0/s1. The van der Waals surface area contributed by atoms with Gasteiger partial charge in [0.1, 0.15) is 18.1 Å². The van der Waals surface area contributed by atoms with Crippen molar-refractivity contribution in [1.82, 2.24) is 5.32 Å². The van der Waals surface area contributed by atoms with Gasteiger partial charge in [-0.05, 0) is 63.1 Å². The Morgan fingerprint density at radius 3 is 2.28 bits per heavy atom. The van der Waals surface area contributed by atoms with Gasteiger partial charge in [-0.15, -0.1) is 0 Å². The maximum Gasteiger partial charge on any atom is 0.260 e. The van der Waals surface area contributed by atoms with Crippen molar-refractivity contribution in [1.29, 1.82) is 0 Å². The van der Waals surface area contributed by atoms with Gasteiger partial charge in [-0.25, -0.2) is 0 Å². The highest BCUT2D eigenvalue weighted by atomic mass is 35.5. The second-order valence-corrected chi connectivity index (χ2v) is 6.46. The fourth-order valence-electron chi connectivity index (χ4n) is 2.35. The van der Waals surface area contributed by atoms with Gasteiger partial charge in [0.15, 0.2) is 6.10 Å². The van der Waals surface area contributed by atoms with Crippen molar-refractivity contribution in [3.63, 3.8) is 0 Å². The van der Waals surface area contributed by atoms with E-state index < -0.39 is 6.10 Å². The largest absolute Gasteiger partial charge is 0.492 e. The minimum Gasteiger partial charge on any atom is -0.492 e. The minimum absolute atomic E-state index is 0.183. The van der Waals surface area contributed by atoms with E-state index in [0.29, 0.717) is 18.9 Å². The number of hydrogen-bond acceptors (Lipinski definition) is 3. The van der Waals surface area contributed by atoms with E-state index in [1.165, 1.54) is 5.56 Å². The molecule has 0 aliphatic heterocycles. The number of benzene rings is 2. The summed E-state index contributed by atoms with van der Waals surface area (Å²) in [5.74, 6) is 1.24. The van der Waals surface area contributed by atoms with Crippen LogP contribution in [-0.2, 0) is 4.79 Å². The van der Waals surface area contributed by atoms with Crippen molar-refractivity contribution in [3.05, 3.63) is 58.1 Å². The lowest BCUT2D eigenvalue weighted by Crippen LogP contribution is -2.38. The highest BCUT2D eigenvalue weighted by Crippen LogP contribution is 2.26. The number of carbonyl (C=O) groups is 1. The predicted molar refractivity (Wildman–Crippen MR) is 101 cm³/mol. The molecule has 5 heteroatoms. The molecule has 0 heterocycles. The van der Waals surface area contributed by atoms with Gasteiger partial charge in [0, 0.05) is 5.02 Å². The summed E-state index contributed by atoms with van der Waals surface area (Å²) in [4.78, 5) is 12.1. The van der Waals surface area contributed by atoms with E-state index in [9.17, 15) is 4.79 Å². The van der Waals surface area contributed by atoms with Crippen LogP contribution in [0.4, 0.5) is 0 Å². The van der Waals surface area contributed by atoms with E-state index in [1.54, 1.807) is 6.92 Å². The van der Waals surface area contributed by atoms with Crippen LogP contribution >= 0.6 is 11.6 Å². The molecule has 1 atom stereocenters. The molecule has 0 fully saturated rings. The molecule has 1 N–H and O–H groups in total. The number of aryl methyl sites for hydroxylation is 3. The van der Waals surface area contributed by atoms with Crippen LogP contribution in [0.25, 0.3) is 0 Å². The summed E-state index contributed by atoms with van der Waals surface area (Å²) in [6, 6.07) is 11.5. The van der Waals surface area contributed by atoms with E-state index in [0.717, 1.165) is 21.9 Å². The number of carbonyl (C=O) groups excluding carboxylic acids is 1. The van der Waals surface area contributed by atoms with Gasteiger partial charge in [-0.2, -0.15) is 0 Å². The van der Waals surface area contributed by atoms with Gasteiger partial charge < -0.3 is 14.8 Å². The molecule has 0 radical (unpaired) electrons. The summed E-state index contributed by atoms with van der Waals surface area (Å²) in [5, 5.41) is 3.53. The molecule has 0 aliphatic rings. The number of hydrogen-bond donors (Lipinski definition) is 1. The molecule has 1 amide bonds. The van der Waals surface area contributed by atoms with Crippen LogP contribution in [0.2, 0.25) is 5.02 Å². The van der Waals surface area contributed by atoms with Gasteiger partial charge in [0.25, 0.3) is 5.91 Å². The molecule has 0 bridgehead atoms. The molecule has 0 spiro atoms. The molecule has 0 unspecified atom stereocenters. The third kappa shape index (κ3) is 5.68. The second kappa shape index (κ2) is 8.77. The Labute approximate surface area is 154 Å². The summed E-state index contributed by atoms with van der Waals surface area (Å²) in [6.07, 6.45) is -0.598. The smallest absolute Gasteiger partial charge is 0.260 e. The third-order valence-corrected chi connectivity index (χ3v) is 4.38. The zero-order valence-electron chi connectivity index (χ0n) is 15.1. The SMILES string of the molecule is Cc1ccc(OCCNC(=O)[C@H](C)Oc2cc(C)c(Cl)c(C)c2)cc1. The highest BCUT2D eigenvalue weighted by Gasteiger charge is 2.15. The van der Waals surface area contributed by atoms with E-state index >= 15 is 0 Å². The summed E-state index contributed by atoms with van der Waals surface area (Å²) in [7, 11) is 0. The molecule has 2 rings (SSSR count). The van der Waals surface area contributed by atoms with E-state index in [2.05, 4.69) is 5.32 Å². The van der Waals surface area contributed by atoms with Gasteiger partial charge >= 0.3 is 0 Å². The summed E-state index contributed by atoms with van der Waals surface area (Å²) >= 11 is 6.14. The minimum atomic E-state index is -0.598. The number of rotatable bonds is 7. The van der Waals surface area contributed by atoms with Crippen LogP contribution < -0.4 is 14.8 Å². The summed E-state index contributed by atoms with van der Waals surface area (Å²) in [5.41, 5.74) is 3.03. The molecule has 134 valence electrons. The molecule has 25 heavy (non-hydrogen) atoms. The molecule has 4 nitrogen and oxygen atoms in total. The van der Waals surface area contributed by atoms with Crippen LogP contribution in [-0.4, -0.2) is 25.2 Å². The lowest BCUT2D eigenvalue weighted by atomic mass is 10.1. The van der Waals surface area contributed by atoms with Crippen molar-refractivity contribution >= 4 is 17.5 Å². The Balaban J connectivity index is 1.77. The number of amides is 1. The first-order valence-corrected chi connectivity index (χ1v) is 8.65. The average molecular weight is 362 g/mol. The normalized spacial score (nSPS) is 11.7. The lowest BCUT2D eigenvalue weighted by Gasteiger charge is -2.16. The predicted octanol–water partition coefficient (Wildman–Crippen LogP) is 4.23. The Morgan fingerprint density at radius 1 is 1.08 bits per heavy atom. The maximum atomic E-state index is 12.1. The van der Waals surface area contributed by atoms with Crippen LogP contribution in [0.1, 0.15) is 23.6 Å². The first-order valence-electron chi connectivity index (χ1n) is 8.27. The van der Waals surface area contributed by atoms with E-state index in [4.69, 9.17) is 21.1 Å². The highest BCUT2D eigenvalue weighted by molar-refractivity contribution is 6.32. The molecule has 0 saturated heterocycles. The van der Waals surface area contributed by atoms with Crippen LogP contribution in [0.5, 0.6) is 11.5 Å². The van der Waals surface area contributed by atoms with Crippen molar-refractivity contribution in [2.45, 2.75) is 33.8 Å². The van der Waals surface area contributed by atoms with Gasteiger partial charge in [-0.1, -0.05) is 29.3 Å². The topological polar surface area (TPSA) is 47.6 Å². The van der Waals surface area contributed by atoms with E-state index in [-0.39, 0.29) is 5.91 Å². The Bertz CT molecular complexity index is 705. The summed E-state index contributed by atoms with van der Waals surface area (Å²) in [6.45, 7) is 8.38.